The molecule has 3 aliphatic rings. The summed E-state index contributed by atoms with van der Waals surface area (Å²) in [7, 11) is 1.32. The zero-order chi connectivity index (χ0) is 27.3. The number of aliphatic hydroxyl groups is 1. The normalized spacial score (nSPS) is 30.8. The molecule has 3 fully saturated rings. The van der Waals surface area contributed by atoms with Crippen LogP contribution in [0, 0.1) is 23.2 Å². The second-order valence-corrected chi connectivity index (χ2v) is 11.3. The van der Waals surface area contributed by atoms with Crippen molar-refractivity contribution >= 4 is 11.8 Å². The van der Waals surface area contributed by atoms with Gasteiger partial charge in [-0.15, -0.1) is 0 Å². The standard InChI is InChI=1S/C32H40O7/c1-36-30(35)32(38-21-24-13-6-3-7-14-24)29-28(26(33)16-10-18-37-20-23-11-4-2-5-12-23)27(34)19-25-15-8-9-17-31(25,29)22-39-32/h2-7,11-14,25-26,28-29,33H,8-10,15-22H2,1H3/t25-,26?,28-,29+,31-,32+/m1/s1. The minimum Gasteiger partial charge on any atom is -0.465 e. The average Bonchev–Trinajstić information content (AvgIpc) is 3.30. The molecular formula is C32H40O7. The van der Waals surface area contributed by atoms with E-state index in [1.54, 1.807) is 0 Å². The molecule has 6 atom stereocenters. The van der Waals surface area contributed by atoms with E-state index in [1.165, 1.54) is 7.11 Å². The first-order chi connectivity index (χ1) is 19.0. The smallest absolute Gasteiger partial charge is 0.366 e. The first-order valence-corrected chi connectivity index (χ1v) is 14.2. The molecule has 1 aliphatic heterocycles. The Balaban J connectivity index is 1.37. The second kappa shape index (κ2) is 12.3. The van der Waals surface area contributed by atoms with Gasteiger partial charge in [-0.3, -0.25) is 4.79 Å². The maximum absolute atomic E-state index is 13.7. The predicted molar refractivity (Wildman–Crippen MR) is 144 cm³/mol. The summed E-state index contributed by atoms with van der Waals surface area (Å²) < 4.78 is 23.8. The summed E-state index contributed by atoms with van der Waals surface area (Å²) in [4.78, 5) is 27.2. The lowest BCUT2D eigenvalue weighted by Gasteiger charge is -2.53. The third-order valence-electron chi connectivity index (χ3n) is 9.10. The highest BCUT2D eigenvalue weighted by Gasteiger charge is 2.72. The first kappa shape index (κ1) is 28.0. The van der Waals surface area contributed by atoms with Crippen LogP contribution in [0.2, 0.25) is 0 Å². The number of benzene rings is 2. The number of esters is 1. The van der Waals surface area contributed by atoms with Crippen LogP contribution in [-0.2, 0) is 41.8 Å². The van der Waals surface area contributed by atoms with E-state index in [4.69, 9.17) is 18.9 Å². The molecule has 2 aromatic rings. The number of aliphatic hydroxyl groups excluding tert-OH is 1. The Kier molecular flexibility index (Phi) is 8.82. The molecule has 0 bridgehead atoms. The van der Waals surface area contributed by atoms with Crippen molar-refractivity contribution in [2.75, 3.05) is 20.3 Å². The fourth-order valence-corrected chi connectivity index (χ4v) is 7.26. The highest BCUT2D eigenvalue weighted by molar-refractivity contribution is 5.87. The van der Waals surface area contributed by atoms with Gasteiger partial charge in [-0.05, 0) is 42.7 Å². The summed E-state index contributed by atoms with van der Waals surface area (Å²) in [6, 6.07) is 19.5. The zero-order valence-electron chi connectivity index (χ0n) is 22.8. The highest BCUT2D eigenvalue weighted by atomic mass is 16.7. The molecule has 5 rings (SSSR count). The lowest BCUT2D eigenvalue weighted by Crippen LogP contribution is -2.61. The number of hydrogen-bond donors (Lipinski definition) is 1. The van der Waals surface area contributed by atoms with Gasteiger partial charge in [0.25, 0.3) is 5.79 Å². The molecule has 0 aromatic heterocycles. The van der Waals surface area contributed by atoms with Gasteiger partial charge < -0.3 is 24.1 Å². The van der Waals surface area contributed by atoms with Crippen molar-refractivity contribution in [3.63, 3.8) is 0 Å². The quantitative estimate of drug-likeness (QED) is 0.325. The molecular weight excluding hydrogens is 496 g/mol. The Morgan fingerprint density at radius 1 is 1.05 bits per heavy atom. The topological polar surface area (TPSA) is 91.3 Å². The lowest BCUT2D eigenvalue weighted by molar-refractivity contribution is -0.258. The summed E-state index contributed by atoms with van der Waals surface area (Å²) in [5.74, 6) is -3.68. The molecule has 1 saturated heterocycles. The molecule has 7 nitrogen and oxygen atoms in total. The Hall–Kier alpha value is -2.58. The maximum atomic E-state index is 13.7. The number of carbonyl (C=O) groups is 2. The van der Waals surface area contributed by atoms with Crippen LogP contribution < -0.4 is 0 Å². The van der Waals surface area contributed by atoms with Gasteiger partial charge in [-0.2, -0.15) is 0 Å². The molecule has 1 unspecified atom stereocenters. The van der Waals surface area contributed by atoms with E-state index in [-0.39, 0.29) is 18.3 Å². The minimum absolute atomic E-state index is 0.0117. The van der Waals surface area contributed by atoms with E-state index in [9.17, 15) is 14.7 Å². The molecule has 1 N–H and O–H groups in total. The summed E-state index contributed by atoms with van der Waals surface area (Å²) in [6.45, 7) is 1.42. The van der Waals surface area contributed by atoms with Gasteiger partial charge in [-0.1, -0.05) is 73.5 Å². The summed E-state index contributed by atoms with van der Waals surface area (Å²) in [6.07, 6.45) is 4.25. The van der Waals surface area contributed by atoms with Crippen LogP contribution in [0.3, 0.4) is 0 Å². The van der Waals surface area contributed by atoms with Crippen molar-refractivity contribution < 1.29 is 33.6 Å². The third-order valence-corrected chi connectivity index (χ3v) is 9.10. The van der Waals surface area contributed by atoms with Gasteiger partial charge in [0, 0.05) is 24.4 Å². The number of ether oxygens (including phenoxy) is 4. The molecule has 1 heterocycles. The third kappa shape index (κ3) is 5.55. The van der Waals surface area contributed by atoms with Crippen molar-refractivity contribution in [3.05, 3.63) is 71.8 Å². The van der Waals surface area contributed by atoms with E-state index in [1.807, 2.05) is 60.7 Å². The minimum atomic E-state index is -1.74. The lowest BCUT2D eigenvalue weighted by atomic mass is 9.50. The summed E-state index contributed by atoms with van der Waals surface area (Å²) in [5.41, 5.74) is 1.57. The number of rotatable bonds is 11. The molecule has 0 amide bonds. The van der Waals surface area contributed by atoms with Gasteiger partial charge in [-0.25, -0.2) is 4.79 Å². The van der Waals surface area contributed by atoms with Crippen molar-refractivity contribution in [2.45, 2.75) is 70.1 Å². The Morgan fingerprint density at radius 3 is 2.44 bits per heavy atom. The second-order valence-electron chi connectivity index (χ2n) is 11.3. The average molecular weight is 537 g/mol. The molecule has 1 spiro atoms. The van der Waals surface area contributed by atoms with Gasteiger partial charge in [0.15, 0.2) is 0 Å². The number of methoxy groups -OCH3 is 1. The van der Waals surface area contributed by atoms with Crippen molar-refractivity contribution in [2.24, 2.45) is 23.2 Å². The molecule has 0 radical (unpaired) electrons. The molecule has 39 heavy (non-hydrogen) atoms. The SMILES string of the molecule is COC(=O)[C@@]1(OCc2ccccc2)OC[C@]23CCCC[C@@H]2CC(=O)[C@@H](C(O)CCCOCc2ccccc2)[C@H]13. The van der Waals surface area contributed by atoms with Crippen LogP contribution in [0.15, 0.2) is 60.7 Å². The van der Waals surface area contributed by atoms with Crippen LogP contribution in [0.25, 0.3) is 0 Å². The molecule has 210 valence electrons. The van der Waals surface area contributed by atoms with Crippen LogP contribution >= 0.6 is 0 Å². The van der Waals surface area contributed by atoms with Gasteiger partial charge in [0.1, 0.15) is 5.78 Å². The Labute approximate surface area is 230 Å². The maximum Gasteiger partial charge on any atom is 0.366 e. The number of carbonyl (C=O) groups excluding carboxylic acids is 2. The van der Waals surface area contributed by atoms with Crippen molar-refractivity contribution in [1.82, 2.24) is 0 Å². The van der Waals surface area contributed by atoms with Crippen LogP contribution in [0.5, 0.6) is 0 Å². The molecule has 7 heteroatoms. The van der Waals surface area contributed by atoms with Gasteiger partial charge in [0.05, 0.1) is 39.0 Å². The van der Waals surface area contributed by atoms with Crippen molar-refractivity contribution in [3.8, 4) is 0 Å². The summed E-state index contributed by atoms with van der Waals surface area (Å²) >= 11 is 0. The van der Waals surface area contributed by atoms with Crippen LogP contribution in [-0.4, -0.2) is 49.1 Å². The molecule has 2 aromatic carbocycles. The van der Waals surface area contributed by atoms with E-state index in [0.29, 0.717) is 39.1 Å². The number of ketones is 1. The largest absolute Gasteiger partial charge is 0.465 e. The van der Waals surface area contributed by atoms with Crippen LogP contribution in [0.4, 0.5) is 0 Å². The van der Waals surface area contributed by atoms with Crippen LogP contribution in [0.1, 0.15) is 56.1 Å². The predicted octanol–water partition coefficient (Wildman–Crippen LogP) is 4.84. The molecule has 2 aliphatic carbocycles. The molecule has 2 saturated carbocycles. The summed E-state index contributed by atoms with van der Waals surface area (Å²) in [5, 5.41) is 11.5. The monoisotopic (exact) mass is 536 g/mol. The number of hydrogen-bond acceptors (Lipinski definition) is 7. The zero-order valence-corrected chi connectivity index (χ0v) is 22.8. The fraction of sp³-hybridized carbons (Fsp3) is 0.562. The number of Topliss-reactive ketones (excluding diaryl/α,β-unsaturated/α-hetero) is 1. The highest BCUT2D eigenvalue weighted by Crippen LogP contribution is 2.63. The van der Waals surface area contributed by atoms with Crippen molar-refractivity contribution in [1.29, 1.82) is 0 Å². The van der Waals surface area contributed by atoms with E-state index in [0.717, 1.165) is 36.8 Å². The Bertz CT molecular complexity index is 1110. The van der Waals surface area contributed by atoms with E-state index < -0.39 is 35.1 Å². The first-order valence-electron chi connectivity index (χ1n) is 14.2. The van der Waals surface area contributed by atoms with Gasteiger partial charge in [0.2, 0.25) is 0 Å². The fourth-order valence-electron chi connectivity index (χ4n) is 7.26. The van der Waals surface area contributed by atoms with E-state index in [2.05, 4.69) is 0 Å². The Morgan fingerprint density at radius 2 is 1.74 bits per heavy atom. The van der Waals surface area contributed by atoms with E-state index >= 15 is 0 Å². The van der Waals surface area contributed by atoms with Gasteiger partial charge >= 0.3 is 5.97 Å².